The number of nitrogen functional groups attached to an aromatic ring is 1. The van der Waals surface area contributed by atoms with E-state index in [4.69, 9.17) is 11.5 Å². The van der Waals surface area contributed by atoms with Gasteiger partial charge in [-0.15, -0.1) is 0 Å². The zero-order valence-corrected chi connectivity index (χ0v) is 10.0. The van der Waals surface area contributed by atoms with Gasteiger partial charge in [0.15, 0.2) is 0 Å². The van der Waals surface area contributed by atoms with Gasteiger partial charge in [-0.1, -0.05) is 0 Å². The summed E-state index contributed by atoms with van der Waals surface area (Å²) in [4.78, 5) is 24.4. The molecule has 5 heteroatoms. The van der Waals surface area contributed by atoms with Gasteiger partial charge in [-0.05, 0) is 38.1 Å². The molecule has 0 unspecified atom stereocenters. The Hall–Kier alpha value is -2.04. The van der Waals surface area contributed by atoms with Gasteiger partial charge in [-0.25, -0.2) is 0 Å². The molecule has 2 amide bonds. The third kappa shape index (κ3) is 3.48. The van der Waals surface area contributed by atoms with Gasteiger partial charge < -0.3 is 16.4 Å². The molecule has 5 nitrogen and oxygen atoms in total. The zero-order valence-electron chi connectivity index (χ0n) is 10.0. The Bertz CT molecular complexity index is 412. The fraction of sp³-hybridized carbons (Fsp3) is 0.333. The minimum atomic E-state index is -0.525. The van der Waals surface area contributed by atoms with E-state index in [0.29, 0.717) is 11.3 Å². The van der Waals surface area contributed by atoms with Crippen LogP contribution in [0.5, 0.6) is 0 Å². The van der Waals surface area contributed by atoms with E-state index in [9.17, 15) is 9.59 Å². The van der Waals surface area contributed by atoms with Crippen LogP contribution in [0.3, 0.4) is 0 Å². The molecule has 1 aromatic carbocycles. The first-order valence-corrected chi connectivity index (χ1v) is 5.36. The summed E-state index contributed by atoms with van der Waals surface area (Å²) in [7, 11) is 0. The van der Waals surface area contributed by atoms with Gasteiger partial charge in [-0.3, -0.25) is 9.59 Å². The van der Waals surface area contributed by atoms with E-state index < -0.39 is 5.91 Å². The lowest BCUT2D eigenvalue weighted by molar-refractivity contribution is -0.119. The van der Waals surface area contributed by atoms with Crippen molar-refractivity contribution in [3.05, 3.63) is 29.8 Å². The number of primary amides is 1. The van der Waals surface area contributed by atoms with Crippen LogP contribution in [-0.2, 0) is 4.79 Å². The van der Waals surface area contributed by atoms with Crippen molar-refractivity contribution in [1.82, 2.24) is 4.90 Å². The highest BCUT2D eigenvalue weighted by molar-refractivity contribution is 5.96. The van der Waals surface area contributed by atoms with Crippen LogP contribution in [0.1, 0.15) is 24.2 Å². The summed E-state index contributed by atoms with van der Waals surface area (Å²) in [6, 6.07) is 6.47. The number of nitrogens with zero attached hydrogens (tertiary/aromatic N) is 1. The largest absolute Gasteiger partial charge is 0.399 e. The van der Waals surface area contributed by atoms with E-state index in [1.165, 1.54) is 4.90 Å². The van der Waals surface area contributed by atoms with Gasteiger partial charge in [0, 0.05) is 17.3 Å². The summed E-state index contributed by atoms with van der Waals surface area (Å²) in [5, 5.41) is 0. The first kappa shape index (κ1) is 13.0. The van der Waals surface area contributed by atoms with Crippen LogP contribution in [0.25, 0.3) is 0 Å². The predicted molar refractivity (Wildman–Crippen MR) is 66.2 cm³/mol. The smallest absolute Gasteiger partial charge is 0.254 e. The van der Waals surface area contributed by atoms with Crippen molar-refractivity contribution in [3.63, 3.8) is 0 Å². The number of carbonyl (C=O) groups excluding carboxylic acids is 2. The topological polar surface area (TPSA) is 89.4 Å². The van der Waals surface area contributed by atoms with Gasteiger partial charge in [0.1, 0.15) is 0 Å². The summed E-state index contributed by atoms with van der Waals surface area (Å²) in [6.07, 6.45) is 0. The average Bonchev–Trinajstić information content (AvgIpc) is 2.25. The highest BCUT2D eigenvalue weighted by Gasteiger charge is 2.20. The molecule has 17 heavy (non-hydrogen) atoms. The summed E-state index contributed by atoms with van der Waals surface area (Å²) in [5.41, 5.74) is 11.7. The number of hydrogen-bond donors (Lipinski definition) is 2. The Morgan fingerprint density at radius 2 is 1.76 bits per heavy atom. The molecule has 0 atom stereocenters. The van der Waals surface area contributed by atoms with Crippen LogP contribution in [0.15, 0.2) is 24.3 Å². The first-order chi connectivity index (χ1) is 7.91. The molecule has 0 heterocycles. The third-order valence-electron chi connectivity index (χ3n) is 2.37. The molecule has 0 fully saturated rings. The molecule has 0 aliphatic heterocycles. The molecule has 0 aliphatic rings. The normalized spacial score (nSPS) is 10.3. The number of benzene rings is 1. The molecular weight excluding hydrogens is 218 g/mol. The molecule has 4 N–H and O–H groups in total. The van der Waals surface area contributed by atoms with Gasteiger partial charge >= 0.3 is 0 Å². The minimum Gasteiger partial charge on any atom is -0.399 e. The average molecular weight is 235 g/mol. The molecule has 0 radical (unpaired) electrons. The lowest BCUT2D eigenvalue weighted by Crippen LogP contribution is -2.42. The van der Waals surface area contributed by atoms with Crippen molar-refractivity contribution in [1.29, 1.82) is 0 Å². The predicted octanol–water partition coefficient (Wildman–Crippen LogP) is 0.605. The number of amides is 2. The quantitative estimate of drug-likeness (QED) is 0.749. The molecule has 1 aromatic rings. The Morgan fingerprint density at radius 1 is 1.24 bits per heavy atom. The van der Waals surface area contributed by atoms with Crippen LogP contribution in [0, 0.1) is 0 Å². The lowest BCUT2D eigenvalue weighted by atomic mass is 10.1. The van der Waals surface area contributed by atoms with E-state index in [0.717, 1.165) is 0 Å². The second-order valence-electron chi connectivity index (χ2n) is 4.12. The molecule has 0 spiro atoms. The second kappa shape index (κ2) is 5.34. The monoisotopic (exact) mass is 235 g/mol. The second-order valence-corrected chi connectivity index (χ2v) is 4.12. The zero-order chi connectivity index (χ0) is 13.0. The highest BCUT2D eigenvalue weighted by atomic mass is 16.2. The molecule has 0 aliphatic carbocycles. The third-order valence-corrected chi connectivity index (χ3v) is 2.37. The van der Waals surface area contributed by atoms with Gasteiger partial charge in [0.2, 0.25) is 5.91 Å². The van der Waals surface area contributed by atoms with Crippen LogP contribution in [-0.4, -0.2) is 29.3 Å². The Labute approximate surface area is 100 Å². The van der Waals surface area contributed by atoms with Crippen molar-refractivity contribution < 1.29 is 9.59 Å². The number of rotatable bonds is 4. The fourth-order valence-electron chi connectivity index (χ4n) is 1.45. The van der Waals surface area contributed by atoms with E-state index >= 15 is 0 Å². The SMILES string of the molecule is CC(C)N(CC(N)=O)C(=O)c1ccc(N)cc1. The molecule has 92 valence electrons. The summed E-state index contributed by atoms with van der Waals surface area (Å²) in [5.74, 6) is -0.749. The number of hydrogen-bond acceptors (Lipinski definition) is 3. The Balaban J connectivity index is 2.91. The highest BCUT2D eigenvalue weighted by Crippen LogP contribution is 2.10. The number of nitrogens with two attached hydrogens (primary N) is 2. The van der Waals surface area contributed by atoms with Crippen LogP contribution < -0.4 is 11.5 Å². The van der Waals surface area contributed by atoms with Crippen molar-refractivity contribution in [3.8, 4) is 0 Å². The molecule has 0 aromatic heterocycles. The van der Waals surface area contributed by atoms with Gasteiger partial charge in [-0.2, -0.15) is 0 Å². The number of carbonyl (C=O) groups is 2. The molecule has 1 rings (SSSR count). The van der Waals surface area contributed by atoms with Crippen LogP contribution in [0.2, 0.25) is 0 Å². The van der Waals surface area contributed by atoms with Gasteiger partial charge in [0.25, 0.3) is 5.91 Å². The maximum atomic E-state index is 12.1. The maximum absolute atomic E-state index is 12.1. The maximum Gasteiger partial charge on any atom is 0.254 e. The lowest BCUT2D eigenvalue weighted by Gasteiger charge is -2.25. The van der Waals surface area contributed by atoms with E-state index in [1.54, 1.807) is 24.3 Å². The standard InChI is InChI=1S/C12H17N3O2/c1-8(2)15(7-11(14)16)12(17)9-3-5-10(13)6-4-9/h3-6,8H,7,13H2,1-2H3,(H2,14,16). The van der Waals surface area contributed by atoms with Gasteiger partial charge in [0.05, 0.1) is 6.54 Å². The van der Waals surface area contributed by atoms with E-state index in [1.807, 2.05) is 13.8 Å². The number of anilines is 1. The van der Waals surface area contributed by atoms with Crippen LogP contribution in [0.4, 0.5) is 5.69 Å². The molecule has 0 saturated heterocycles. The van der Waals surface area contributed by atoms with E-state index in [-0.39, 0.29) is 18.5 Å². The van der Waals surface area contributed by atoms with Crippen LogP contribution >= 0.6 is 0 Å². The summed E-state index contributed by atoms with van der Waals surface area (Å²) >= 11 is 0. The van der Waals surface area contributed by atoms with Crippen molar-refractivity contribution in [2.24, 2.45) is 5.73 Å². The van der Waals surface area contributed by atoms with E-state index in [2.05, 4.69) is 0 Å². The van der Waals surface area contributed by atoms with Crippen molar-refractivity contribution in [2.75, 3.05) is 12.3 Å². The molecule has 0 saturated carbocycles. The molecule has 0 bridgehead atoms. The molecular formula is C12H17N3O2. The summed E-state index contributed by atoms with van der Waals surface area (Å²) in [6.45, 7) is 3.58. The minimum absolute atomic E-state index is 0.0825. The van der Waals surface area contributed by atoms with Crippen molar-refractivity contribution in [2.45, 2.75) is 19.9 Å². The van der Waals surface area contributed by atoms with Crippen molar-refractivity contribution >= 4 is 17.5 Å². The Morgan fingerprint density at radius 3 is 2.18 bits per heavy atom. The Kier molecular flexibility index (Phi) is 4.09. The first-order valence-electron chi connectivity index (χ1n) is 5.36. The summed E-state index contributed by atoms with van der Waals surface area (Å²) < 4.78 is 0. The fourth-order valence-corrected chi connectivity index (χ4v) is 1.45.